The number of carbonyl (C=O) groups is 1. The Bertz CT molecular complexity index is 514. The summed E-state index contributed by atoms with van der Waals surface area (Å²) in [5.41, 5.74) is 1.03. The van der Waals surface area contributed by atoms with Crippen LogP contribution in [0.3, 0.4) is 0 Å². The maximum Gasteiger partial charge on any atom is 0.223 e. The van der Waals surface area contributed by atoms with Gasteiger partial charge in [0.2, 0.25) is 5.91 Å². The lowest BCUT2D eigenvalue weighted by Gasteiger charge is -2.35. The standard InChI is InChI=1S/C17H23FN2O2/c1-12-10-15(12)17(21)19-11-16(20-6-8-22-9-7-20)13-2-4-14(18)5-3-13/h2-5,12,15-16H,6-11H2,1H3,(H,19,21). The third-order valence-electron chi connectivity index (χ3n) is 4.66. The number of ether oxygens (including phenoxy) is 1. The molecule has 1 aromatic rings. The van der Waals surface area contributed by atoms with Crippen LogP contribution in [0.15, 0.2) is 24.3 Å². The number of morpholine rings is 1. The highest BCUT2D eigenvalue weighted by Gasteiger charge is 2.39. The summed E-state index contributed by atoms with van der Waals surface area (Å²) < 4.78 is 18.6. The minimum absolute atomic E-state index is 0.0718. The maximum atomic E-state index is 13.2. The Morgan fingerprint density at radius 3 is 2.59 bits per heavy atom. The molecule has 1 amide bonds. The predicted molar refractivity (Wildman–Crippen MR) is 81.8 cm³/mol. The van der Waals surface area contributed by atoms with E-state index in [1.807, 2.05) is 0 Å². The van der Waals surface area contributed by atoms with E-state index in [-0.39, 0.29) is 23.7 Å². The summed E-state index contributed by atoms with van der Waals surface area (Å²) in [6, 6.07) is 6.65. The minimum atomic E-state index is -0.236. The first-order valence-electron chi connectivity index (χ1n) is 8.00. The number of nitrogens with zero attached hydrogens (tertiary/aromatic N) is 1. The van der Waals surface area contributed by atoms with Crippen LogP contribution in [0.25, 0.3) is 0 Å². The van der Waals surface area contributed by atoms with E-state index in [1.165, 1.54) is 12.1 Å². The predicted octanol–water partition coefficient (Wildman–Crippen LogP) is 1.97. The van der Waals surface area contributed by atoms with E-state index in [2.05, 4.69) is 17.1 Å². The molecule has 1 aliphatic heterocycles. The van der Waals surface area contributed by atoms with E-state index < -0.39 is 0 Å². The van der Waals surface area contributed by atoms with Crippen molar-refractivity contribution in [2.45, 2.75) is 19.4 Å². The SMILES string of the molecule is CC1CC1C(=O)NCC(c1ccc(F)cc1)N1CCOCC1. The molecule has 1 aromatic carbocycles. The molecule has 3 unspecified atom stereocenters. The van der Waals surface area contributed by atoms with Crippen molar-refractivity contribution in [1.82, 2.24) is 10.2 Å². The number of amides is 1. The number of halogens is 1. The van der Waals surface area contributed by atoms with Gasteiger partial charge >= 0.3 is 0 Å². The smallest absolute Gasteiger partial charge is 0.223 e. The fourth-order valence-corrected chi connectivity index (χ4v) is 3.05. The van der Waals surface area contributed by atoms with Crippen LogP contribution in [0.1, 0.15) is 24.9 Å². The minimum Gasteiger partial charge on any atom is -0.379 e. The molecule has 1 saturated heterocycles. The Morgan fingerprint density at radius 1 is 1.36 bits per heavy atom. The number of nitrogens with one attached hydrogen (secondary N) is 1. The van der Waals surface area contributed by atoms with Crippen molar-refractivity contribution in [3.8, 4) is 0 Å². The molecule has 1 N–H and O–H groups in total. The third kappa shape index (κ3) is 3.65. The van der Waals surface area contributed by atoms with Gasteiger partial charge in [0.1, 0.15) is 5.82 Å². The van der Waals surface area contributed by atoms with Crippen molar-refractivity contribution < 1.29 is 13.9 Å². The van der Waals surface area contributed by atoms with Gasteiger partial charge in [0, 0.05) is 25.6 Å². The molecule has 4 nitrogen and oxygen atoms in total. The molecule has 0 aromatic heterocycles. The first-order valence-corrected chi connectivity index (χ1v) is 8.00. The van der Waals surface area contributed by atoms with Gasteiger partial charge < -0.3 is 10.1 Å². The van der Waals surface area contributed by atoms with Crippen molar-refractivity contribution in [2.24, 2.45) is 11.8 Å². The first-order chi connectivity index (χ1) is 10.6. The molecule has 3 atom stereocenters. The molecule has 1 heterocycles. The van der Waals surface area contributed by atoms with Gasteiger partial charge in [0.25, 0.3) is 0 Å². The fourth-order valence-electron chi connectivity index (χ4n) is 3.05. The molecule has 22 heavy (non-hydrogen) atoms. The van der Waals surface area contributed by atoms with E-state index >= 15 is 0 Å². The molecule has 3 rings (SSSR count). The summed E-state index contributed by atoms with van der Waals surface area (Å²) in [7, 11) is 0. The molecule has 2 fully saturated rings. The van der Waals surface area contributed by atoms with E-state index in [1.54, 1.807) is 12.1 Å². The van der Waals surface area contributed by atoms with Crippen LogP contribution in [-0.4, -0.2) is 43.7 Å². The lowest BCUT2D eigenvalue weighted by atomic mass is 10.0. The fraction of sp³-hybridized carbons (Fsp3) is 0.588. The van der Waals surface area contributed by atoms with Gasteiger partial charge in [-0.25, -0.2) is 4.39 Å². The molecule has 0 spiro atoms. The van der Waals surface area contributed by atoms with E-state index in [9.17, 15) is 9.18 Å². The zero-order valence-electron chi connectivity index (χ0n) is 12.9. The Hall–Kier alpha value is -1.46. The second-order valence-corrected chi connectivity index (χ2v) is 6.28. The van der Waals surface area contributed by atoms with E-state index in [0.717, 1.165) is 25.1 Å². The van der Waals surface area contributed by atoms with Gasteiger partial charge in [0.15, 0.2) is 0 Å². The van der Waals surface area contributed by atoms with Crippen molar-refractivity contribution in [2.75, 3.05) is 32.8 Å². The highest BCUT2D eigenvalue weighted by molar-refractivity contribution is 5.81. The van der Waals surface area contributed by atoms with Crippen molar-refractivity contribution >= 4 is 5.91 Å². The van der Waals surface area contributed by atoms with E-state index in [0.29, 0.717) is 25.7 Å². The molecule has 0 bridgehead atoms. The largest absolute Gasteiger partial charge is 0.379 e. The lowest BCUT2D eigenvalue weighted by molar-refractivity contribution is -0.122. The zero-order chi connectivity index (χ0) is 15.5. The van der Waals surface area contributed by atoms with Gasteiger partial charge in [-0.3, -0.25) is 9.69 Å². The Morgan fingerprint density at radius 2 is 2.00 bits per heavy atom. The van der Waals surface area contributed by atoms with Crippen LogP contribution in [0, 0.1) is 17.7 Å². The topological polar surface area (TPSA) is 41.6 Å². The molecular weight excluding hydrogens is 283 g/mol. The highest BCUT2D eigenvalue weighted by atomic mass is 19.1. The average molecular weight is 306 g/mol. The average Bonchev–Trinajstić information content (AvgIpc) is 3.27. The maximum absolute atomic E-state index is 13.2. The highest BCUT2D eigenvalue weighted by Crippen LogP contribution is 2.37. The van der Waals surface area contributed by atoms with Crippen LogP contribution in [0.5, 0.6) is 0 Å². The molecule has 0 radical (unpaired) electrons. The molecular formula is C17H23FN2O2. The van der Waals surface area contributed by atoms with Crippen LogP contribution < -0.4 is 5.32 Å². The summed E-state index contributed by atoms with van der Waals surface area (Å²) in [5, 5.41) is 3.07. The summed E-state index contributed by atoms with van der Waals surface area (Å²) in [6.07, 6.45) is 0.991. The van der Waals surface area contributed by atoms with Gasteiger partial charge in [-0.15, -0.1) is 0 Å². The molecule has 1 aliphatic carbocycles. The van der Waals surface area contributed by atoms with Crippen LogP contribution in [-0.2, 0) is 9.53 Å². The molecule has 120 valence electrons. The molecule has 2 aliphatic rings. The molecule has 5 heteroatoms. The van der Waals surface area contributed by atoms with Gasteiger partial charge in [-0.05, 0) is 30.0 Å². The lowest BCUT2D eigenvalue weighted by Crippen LogP contribution is -2.44. The third-order valence-corrected chi connectivity index (χ3v) is 4.66. The second kappa shape index (κ2) is 6.75. The molecule has 1 saturated carbocycles. The summed E-state index contributed by atoms with van der Waals surface area (Å²) in [6.45, 7) is 5.73. The van der Waals surface area contributed by atoms with Gasteiger partial charge in [-0.2, -0.15) is 0 Å². The van der Waals surface area contributed by atoms with Crippen LogP contribution in [0.4, 0.5) is 4.39 Å². The number of rotatable bonds is 5. The number of benzene rings is 1. The Labute approximate surface area is 130 Å². The summed E-state index contributed by atoms with van der Waals surface area (Å²) >= 11 is 0. The van der Waals surface area contributed by atoms with Crippen molar-refractivity contribution in [3.05, 3.63) is 35.6 Å². The number of hydrogen-bond acceptors (Lipinski definition) is 3. The Kier molecular flexibility index (Phi) is 4.74. The number of carbonyl (C=O) groups excluding carboxylic acids is 1. The summed E-state index contributed by atoms with van der Waals surface area (Å²) in [4.78, 5) is 14.4. The quantitative estimate of drug-likeness (QED) is 0.904. The monoisotopic (exact) mass is 306 g/mol. The second-order valence-electron chi connectivity index (χ2n) is 6.28. The van der Waals surface area contributed by atoms with Crippen molar-refractivity contribution in [1.29, 1.82) is 0 Å². The van der Waals surface area contributed by atoms with Crippen LogP contribution >= 0.6 is 0 Å². The zero-order valence-corrected chi connectivity index (χ0v) is 12.9. The van der Waals surface area contributed by atoms with Crippen LogP contribution in [0.2, 0.25) is 0 Å². The van der Waals surface area contributed by atoms with Gasteiger partial charge in [-0.1, -0.05) is 19.1 Å². The number of hydrogen-bond donors (Lipinski definition) is 1. The normalized spacial score (nSPS) is 26.5. The summed E-state index contributed by atoms with van der Waals surface area (Å²) in [5.74, 6) is 0.597. The van der Waals surface area contributed by atoms with E-state index in [4.69, 9.17) is 4.74 Å². The van der Waals surface area contributed by atoms with Gasteiger partial charge in [0.05, 0.1) is 19.3 Å². The Balaban J connectivity index is 1.67. The van der Waals surface area contributed by atoms with Crippen molar-refractivity contribution in [3.63, 3.8) is 0 Å². The first kappa shape index (κ1) is 15.4.